The van der Waals surface area contributed by atoms with E-state index in [-0.39, 0.29) is 0 Å². The van der Waals surface area contributed by atoms with Crippen molar-refractivity contribution in [3.8, 4) is 16.3 Å². The maximum absolute atomic E-state index is 6.04. The number of benzene rings is 1. The first kappa shape index (κ1) is 11.0. The molecular weight excluding hydrogens is 242 g/mol. The molecule has 3 nitrogen and oxygen atoms in total. The van der Waals surface area contributed by atoms with Crippen LogP contribution < -0.4 is 5.73 Å². The van der Waals surface area contributed by atoms with Crippen molar-refractivity contribution in [3.05, 3.63) is 53.5 Å². The summed E-state index contributed by atoms with van der Waals surface area (Å²) in [6.07, 6.45) is 1.87. The molecule has 0 bridgehead atoms. The second-order valence-electron chi connectivity index (χ2n) is 4.14. The molecule has 0 atom stereocenters. The number of anilines is 1. The van der Waals surface area contributed by atoms with E-state index in [0.717, 1.165) is 16.3 Å². The first-order valence-electron chi connectivity index (χ1n) is 5.71. The molecule has 90 valence electrons. The molecule has 3 aromatic rings. The van der Waals surface area contributed by atoms with E-state index in [1.165, 1.54) is 5.56 Å². The molecule has 0 saturated carbocycles. The normalized spacial score (nSPS) is 10.7. The van der Waals surface area contributed by atoms with Gasteiger partial charge in [0, 0.05) is 0 Å². The van der Waals surface area contributed by atoms with Crippen molar-refractivity contribution >= 4 is 17.0 Å². The number of hydrogen-bond acceptors (Lipinski definition) is 3. The summed E-state index contributed by atoms with van der Waals surface area (Å²) in [7, 11) is 0. The lowest BCUT2D eigenvalue weighted by Gasteiger charge is -2.04. The minimum atomic E-state index is 0.709. The van der Waals surface area contributed by atoms with Crippen LogP contribution in [0.3, 0.4) is 0 Å². The lowest BCUT2D eigenvalue weighted by molar-refractivity contribution is 0.877. The maximum Gasteiger partial charge on any atom is 0.126 e. The lowest BCUT2D eigenvalue weighted by Crippen LogP contribution is -1.97. The summed E-state index contributed by atoms with van der Waals surface area (Å²) in [5.74, 6) is 0. The summed E-state index contributed by atoms with van der Waals surface area (Å²) >= 11 is 1.65. The third kappa shape index (κ3) is 1.80. The Kier molecular flexibility index (Phi) is 2.64. The number of aromatic nitrogens is 2. The highest BCUT2D eigenvalue weighted by molar-refractivity contribution is 7.13. The molecule has 18 heavy (non-hydrogen) atoms. The zero-order valence-electron chi connectivity index (χ0n) is 10.00. The van der Waals surface area contributed by atoms with Crippen LogP contribution in [0, 0.1) is 6.92 Å². The van der Waals surface area contributed by atoms with Gasteiger partial charge in [0.2, 0.25) is 0 Å². The summed E-state index contributed by atoms with van der Waals surface area (Å²) in [5.41, 5.74) is 9.85. The van der Waals surface area contributed by atoms with Gasteiger partial charge in [-0.1, -0.05) is 24.3 Å². The molecule has 0 saturated heterocycles. The van der Waals surface area contributed by atoms with Gasteiger partial charge in [-0.05, 0) is 30.0 Å². The smallest absolute Gasteiger partial charge is 0.126 e. The SMILES string of the molecule is Cc1ccccc1-n1cc(N)c(-c2cccs2)n1. The summed E-state index contributed by atoms with van der Waals surface area (Å²) < 4.78 is 1.85. The van der Waals surface area contributed by atoms with Crippen LogP contribution in [0.25, 0.3) is 16.3 Å². The molecule has 0 fully saturated rings. The number of thiophene rings is 1. The van der Waals surface area contributed by atoms with Gasteiger partial charge in [-0.2, -0.15) is 5.10 Å². The Labute approximate surface area is 109 Å². The minimum absolute atomic E-state index is 0.709. The topological polar surface area (TPSA) is 43.8 Å². The van der Waals surface area contributed by atoms with E-state index >= 15 is 0 Å². The van der Waals surface area contributed by atoms with Gasteiger partial charge in [-0.25, -0.2) is 4.68 Å². The Morgan fingerprint density at radius 3 is 2.72 bits per heavy atom. The van der Waals surface area contributed by atoms with Crippen LogP contribution in [0.4, 0.5) is 5.69 Å². The zero-order chi connectivity index (χ0) is 12.5. The fraction of sp³-hybridized carbons (Fsp3) is 0.0714. The van der Waals surface area contributed by atoms with Crippen molar-refractivity contribution in [2.24, 2.45) is 0 Å². The van der Waals surface area contributed by atoms with Crippen LogP contribution in [0.15, 0.2) is 48.0 Å². The molecular formula is C14H13N3S. The van der Waals surface area contributed by atoms with Crippen LogP contribution >= 0.6 is 11.3 Å². The molecule has 3 rings (SSSR count). The molecule has 0 amide bonds. The minimum Gasteiger partial charge on any atom is -0.396 e. The van der Waals surface area contributed by atoms with Crippen LogP contribution in [0.5, 0.6) is 0 Å². The first-order chi connectivity index (χ1) is 8.75. The van der Waals surface area contributed by atoms with Crippen molar-refractivity contribution in [2.45, 2.75) is 6.92 Å². The average molecular weight is 255 g/mol. The summed E-state index contributed by atoms with van der Waals surface area (Å²) in [6.45, 7) is 2.07. The Bertz CT molecular complexity index is 668. The van der Waals surface area contributed by atoms with E-state index in [1.54, 1.807) is 11.3 Å². The quantitative estimate of drug-likeness (QED) is 0.761. The lowest BCUT2D eigenvalue weighted by atomic mass is 10.2. The predicted molar refractivity (Wildman–Crippen MR) is 76.0 cm³/mol. The highest BCUT2D eigenvalue weighted by Crippen LogP contribution is 2.29. The van der Waals surface area contributed by atoms with Crippen LogP contribution in [0.1, 0.15) is 5.56 Å². The standard InChI is InChI=1S/C14H13N3S/c1-10-5-2-3-6-12(10)17-9-11(15)14(16-17)13-7-4-8-18-13/h2-9H,15H2,1H3. The summed E-state index contributed by atoms with van der Waals surface area (Å²) in [5, 5.41) is 6.61. The Balaban J connectivity index is 2.11. The van der Waals surface area contributed by atoms with Crippen LogP contribution in [0.2, 0.25) is 0 Å². The first-order valence-corrected chi connectivity index (χ1v) is 6.58. The molecule has 0 aliphatic heterocycles. The fourth-order valence-electron chi connectivity index (χ4n) is 1.94. The third-order valence-corrected chi connectivity index (χ3v) is 3.74. The summed E-state index contributed by atoms with van der Waals surface area (Å²) in [4.78, 5) is 1.10. The van der Waals surface area contributed by atoms with Gasteiger partial charge in [0.1, 0.15) is 5.69 Å². The fourth-order valence-corrected chi connectivity index (χ4v) is 2.67. The number of nitrogens with two attached hydrogens (primary N) is 1. The predicted octanol–water partition coefficient (Wildman–Crippen LogP) is 3.49. The molecule has 2 aromatic heterocycles. The van der Waals surface area contributed by atoms with Gasteiger partial charge in [0.05, 0.1) is 22.4 Å². The Morgan fingerprint density at radius 2 is 2.00 bits per heavy atom. The van der Waals surface area contributed by atoms with Crippen molar-refractivity contribution < 1.29 is 0 Å². The van der Waals surface area contributed by atoms with Crippen molar-refractivity contribution in [3.63, 3.8) is 0 Å². The second kappa shape index (κ2) is 4.31. The van der Waals surface area contributed by atoms with Crippen molar-refractivity contribution in [1.82, 2.24) is 9.78 Å². The number of rotatable bonds is 2. The van der Waals surface area contributed by atoms with Crippen molar-refractivity contribution in [2.75, 3.05) is 5.73 Å². The van der Waals surface area contributed by atoms with Crippen LogP contribution in [-0.4, -0.2) is 9.78 Å². The molecule has 2 heterocycles. The highest BCUT2D eigenvalue weighted by Gasteiger charge is 2.11. The van der Waals surface area contributed by atoms with E-state index in [9.17, 15) is 0 Å². The number of para-hydroxylation sites is 1. The Morgan fingerprint density at radius 1 is 1.17 bits per heavy atom. The maximum atomic E-state index is 6.04. The number of nitrogens with zero attached hydrogens (tertiary/aromatic N) is 2. The molecule has 2 N–H and O–H groups in total. The third-order valence-electron chi connectivity index (χ3n) is 2.86. The number of hydrogen-bond donors (Lipinski definition) is 1. The van der Waals surface area contributed by atoms with Gasteiger partial charge in [0.25, 0.3) is 0 Å². The molecule has 0 aliphatic carbocycles. The molecule has 0 unspecified atom stereocenters. The van der Waals surface area contributed by atoms with E-state index < -0.39 is 0 Å². The molecule has 0 radical (unpaired) electrons. The average Bonchev–Trinajstić information content (AvgIpc) is 2.98. The monoisotopic (exact) mass is 255 g/mol. The molecule has 0 aliphatic rings. The van der Waals surface area contributed by atoms with E-state index in [2.05, 4.69) is 18.1 Å². The van der Waals surface area contributed by atoms with E-state index in [0.29, 0.717) is 5.69 Å². The largest absolute Gasteiger partial charge is 0.396 e. The molecule has 4 heteroatoms. The number of aryl methyl sites for hydroxylation is 1. The van der Waals surface area contributed by atoms with Gasteiger partial charge < -0.3 is 5.73 Å². The van der Waals surface area contributed by atoms with Crippen molar-refractivity contribution in [1.29, 1.82) is 0 Å². The second-order valence-corrected chi connectivity index (χ2v) is 5.09. The van der Waals surface area contributed by atoms with E-state index in [4.69, 9.17) is 5.73 Å². The van der Waals surface area contributed by atoms with Gasteiger partial charge in [-0.3, -0.25) is 0 Å². The summed E-state index contributed by atoms with van der Waals surface area (Å²) in [6, 6.07) is 12.2. The van der Waals surface area contributed by atoms with Gasteiger partial charge in [-0.15, -0.1) is 11.3 Å². The van der Waals surface area contributed by atoms with Gasteiger partial charge in [0.15, 0.2) is 0 Å². The number of nitrogen functional groups attached to an aromatic ring is 1. The molecule has 0 spiro atoms. The van der Waals surface area contributed by atoms with Gasteiger partial charge >= 0.3 is 0 Å². The molecule has 1 aromatic carbocycles. The highest BCUT2D eigenvalue weighted by atomic mass is 32.1. The van der Waals surface area contributed by atoms with Crippen LogP contribution in [-0.2, 0) is 0 Å². The zero-order valence-corrected chi connectivity index (χ0v) is 10.8. The van der Waals surface area contributed by atoms with E-state index in [1.807, 2.05) is 46.6 Å². The Hall–Kier alpha value is -2.07.